The molecule has 0 saturated heterocycles. The van der Waals surface area contributed by atoms with Crippen molar-refractivity contribution in [2.75, 3.05) is 6.54 Å². The molecule has 0 aliphatic carbocycles. The van der Waals surface area contributed by atoms with Crippen LogP contribution in [0.4, 0.5) is 4.79 Å². The van der Waals surface area contributed by atoms with Gasteiger partial charge >= 0.3 is 6.03 Å². The molecule has 0 fully saturated rings. The fourth-order valence-electron chi connectivity index (χ4n) is 1.11. The standard InChI is InChI=1S/C10H18N4O/c1-10(2,3)14-9(15)13-5-4-8-11-6-7-12-8/h6-7H,4-5H2,1-3H3,(H,11,12)(H2,13,14,15). The number of aromatic amines is 1. The van der Waals surface area contributed by atoms with Gasteiger partial charge in [0.05, 0.1) is 0 Å². The molecule has 0 spiro atoms. The number of nitrogens with zero attached hydrogens (tertiary/aromatic N) is 1. The number of rotatable bonds is 3. The Bertz CT molecular complexity index is 300. The molecule has 0 aromatic carbocycles. The molecule has 0 radical (unpaired) electrons. The van der Waals surface area contributed by atoms with Gasteiger partial charge in [0.1, 0.15) is 5.82 Å². The zero-order valence-corrected chi connectivity index (χ0v) is 9.42. The SMILES string of the molecule is CC(C)(C)NC(=O)NCCc1ncc[nH]1. The lowest BCUT2D eigenvalue weighted by Crippen LogP contribution is -2.46. The van der Waals surface area contributed by atoms with Crippen molar-refractivity contribution in [2.45, 2.75) is 32.7 Å². The highest BCUT2D eigenvalue weighted by molar-refractivity contribution is 5.74. The lowest BCUT2D eigenvalue weighted by atomic mass is 10.1. The van der Waals surface area contributed by atoms with Gasteiger partial charge in [-0.05, 0) is 20.8 Å². The molecule has 1 aromatic rings. The Morgan fingerprint density at radius 3 is 2.80 bits per heavy atom. The minimum absolute atomic E-state index is 0.144. The van der Waals surface area contributed by atoms with Crippen LogP contribution in [0.5, 0.6) is 0 Å². The van der Waals surface area contributed by atoms with Gasteiger partial charge in [0, 0.05) is 30.9 Å². The van der Waals surface area contributed by atoms with Crippen molar-refractivity contribution in [1.82, 2.24) is 20.6 Å². The fourth-order valence-corrected chi connectivity index (χ4v) is 1.11. The van der Waals surface area contributed by atoms with Crippen LogP contribution in [-0.4, -0.2) is 28.1 Å². The van der Waals surface area contributed by atoms with Gasteiger partial charge in [0.15, 0.2) is 0 Å². The molecule has 5 heteroatoms. The molecule has 0 atom stereocenters. The van der Waals surface area contributed by atoms with E-state index in [1.807, 2.05) is 20.8 Å². The maximum absolute atomic E-state index is 11.3. The van der Waals surface area contributed by atoms with E-state index in [1.54, 1.807) is 12.4 Å². The van der Waals surface area contributed by atoms with E-state index < -0.39 is 0 Å². The number of hydrogen-bond donors (Lipinski definition) is 3. The summed E-state index contributed by atoms with van der Waals surface area (Å²) < 4.78 is 0. The Morgan fingerprint density at radius 2 is 2.27 bits per heavy atom. The summed E-state index contributed by atoms with van der Waals surface area (Å²) in [6, 6.07) is -0.144. The largest absolute Gasteiger partial charge is 0.349 e. The molecule has 1 aromatic heterocycles. The van der Waals surface area contributed by atoms with Crippen molar-refractivity contribution >= 4 is 6.03 Å². The molecule has 3 N–H and O–H groups in total. The van der Waals surface area contributed by atoms with E-state index in [2.05, 4.69) is 20.6 Å². The zero-order valence-electron chi connectivity index (χ0n) is 9.42. The molecule has 0 bridgehead atoms. The van der Waals surface area contributed by atoms with E-state index in [4.69, 9.17) is 0 Å². The Morgan fingerprint density at radius 1 is 1.53 bits per heavy atom. The van der Waals surface area contributed by atoms with Crippen LogP contribution in [0.15, 0.2) is 12.4 Å². The first kappa shape index (κ1) is 11.6. The molecule has 0 aliphatic heterocycles. The Labute approximate surface area is 89.7 Å². The molecule has 0 unspecified atom stereocenters. The first-order valence-electron chi connectivity index (χ1n) is 5.02. The van der Waals surface area contributed by atoms with Gasteiger partial charge in [-0.25, -0.2) is 9.78 Å². The maximum Gasteiger partial charge on any atom is 0.315 e. The topological polar surface area (TPSA) is 69.8 Å². The minimum Gasteiger partial charge on any atom is -0.349 e. The van der Waals surface area contributed by atoms with Gasteiger partial charge in [0.25, 0.3) is 0 Å². The van der Waals surface area contributed by atoms with Crippen LogP contribution < -0.4 is 10.6 Å². The normalized spacial score (nSPS) is 11.1. The van der Waals surface area contributed by atoms with Crippen LogP contribution >= 0.6 is 0 Å². The molecule has 0 aliphatic rings. The van der Waals surface area contributed by atoms with Crippen LogP contribution in [0, 0.1) is 0 Å². The van der Waals surface area contributed by atoms with Crippen LogP contribution in [0.3, 0.4) is 0 Å². The second-order valence-electron chi connectivity index (χ2n) is 4.42. The number of amides is 2. The summed E-state index contributed by atoms with van der Waals surface area (Å²) in [6.45, 7) is 6.41. The fraction of sp³-hybridized carbons (Fsp3) is 0.600. The third kappa shape index (κ3) is 5.05. The second kappa shape index (κ2) is 4.82. The van der Waals surface area contributed by atoms with Crippen LogP contribution in [0.1, 0.15) is 26.6 Å². The highest BCUT2D eigenvalue weighted by Crippen LogP contribution is 1.97. The first-order valence-corrected chi connectivity index (χ1v) is 5.02. The molecule has 15 heavy (non-hydrogen) atoms. The highest BCUT2D eigenvalue weighted by atomic mass is 16.2. The summed E-state index contributed by atoms with van der Waals surface area (Å²) in [4.78, 5) is 18.4. The molecule has 2 amide bonds. The van der Waals surface area contributed by atoms with E-state index in [0.717, 1.165) is 5.82 Å². The monoisotopic (exact) mass is 210 g/mol. The minimum atomic E-state index is -0.200. The molecular weight excluding hydrogens is 192 g/mol. The predicted molar refractivity (Wildman–Crippen MR) is 58.6 cm³/mol. The third-order valence-corrected chi connectivity index (χ3v) is 1.69. The van der Waals surface area contributed by atoms with Crippen LogP contribution in [0.2, 0.25) is 0 Å². The average Bonchev–Trinajstić information content (AvgIpc) is 2.53. The number of carbonyl (C=O) groups is 1. The summed E-state index contributed by atoms with van der Waals surface area (Å²) >= 11 is 0. The third-order valence-electron chi connectivity index (χ3n) is 1.69. The van der Waals surface area contributed by atoms with E-state index in [-0.39, 0.29) is 11.6 Å². The summed E-state index contributed by atoms with van der Waals surface area (Å²) in [5.74, 6) is 0.881. The summed E-state index contributed by atoms with van der Waals surface area (Å²) in [5.41, 5.74) is -0.200. The molecule has 1 heterocycles. The van der Waals surface area contributed by atoms with Gasteiger partial charge < -0.3 is 15.6 Å². The smallest absolute Gasteiger partial charge is 0.315 e. The Balaban J connectivity index is 2.18. The first-order chi connectivity index (χ1) is 6.97. The molecule has 0 saturated carbocycles. The van der Waals surface area contributed by atoms with Crippen molar-refractivity contribution in [1.29, 1.82) is 0 Å². The zero-order chi connectivity index (χ0) is 11.3. The summed E-state index contributed by atoms with van der Waals surface area (Å²) in [7, 11) is 0. The van der Waals surface area contributed by atoms with E-state index in [9.17, 15) is 4.79 Å². The molecular formula is C10H18N4O. The molecule has 1 rings (SSSR count). The van der Waals surface area contributed by atoms with Gasteiger partial charge in [0.2, 0.25) is 0 Å². The number of hydrogen-bond acceptors (Lipinski definition) is 2. The van der Waals surface area contributed by atoms with Gasteiger partial charge in [-0.3, -0.25) is 0 Å². The Hall–Kier alpha value is -1.52. The van der Waals surface area contributed by atoms with E-state index in [1.165, 1.54) is 0 Å². The van der Waals surface area contributed by atoms with Crippen LogP contribution in [-0.2, 0) is 6.42 Å². The van der Waals surface area contributed by atoms with Crippen molar-refractivity contribution in [3.05, 3.63) is 18.2 Å². The molecule has 84 valence electrons. The van der Waals surface area contributed by atoms with Gasteiger partial charge in [-0.15, -0.1) is 0 Å². The van der Waals surface area contributed by atoms with Gasteiger partial charge in [-0.1, -0.05) is 0 Å². The van der Waals surface area contributed by atoms with E-state index >= 15 is 0 Å². The number of nitrogens with one attached hydrogen (secondary N) is 3. The van der Waals surface area contributed by atoms with Crippen molar-refractivity contribution in [2.24, 2.45) is 0 Å². The number of aromatic nitrogens is 2. The number of urea groups is 1. The maximum atomic E-state index is 11.3. The lowest BCUT2D eigenvalue weighted by molar-refractivity contribution is 0.232. The summed E-state index contributed by atoms with van der Waals surface area (Å²) in [5, 5.41) is 5.59. The number of H-pyrrole nitrogens is 1. The highest BCUT2D eigenvalue weighted by Gasteiger charge is 2.12. The second-order valence-corrected chi connectivity index (χ2v) is 4.42. The average molecular weight is 210 g/mol. The Kier molecular flexibility index (Phi) is 3.71. The van der Waals surface area contributed by atoms with E-state index in [0.29, 0.717) is 13.0 Å². The number of carbonyl (C=O) groups excluding carboxylic acids is 1. The lowest BCUT2D eigenvalue weighted by Gasteiger charge is -2.20. The van der Waals surface area contributed by atoms with Crippen LogP contribution in [0.25, 0.3) is 0 Å². The predicted octanol–water partition coefficient (Wildman–Crippen LogP) is 1.05. The van der Waals surface area contributed by atoms with Crippen molar-refractivity contribution in [3.8, 4) is 0 Å². The molecule has 5 nitrogen and oxygen atoms in total. The van der Waals surface area contributed by atoms with Crippen molar-refractivity contribution < 1.29 is 4.79 Å². The van der Waals surface area contributed by atoms with Crippen molar-refractivity contribution in [3.63, 3.8) is 0 Å². The van der Waals surface area contributed by atoms with Gasteiger partial charge in [-0.2, -0.15) is 0 Å². The number of imidazole rings is 1. The summed E-state index contributed by atoms with van der Waals surface area (Å²) in [6.07, 6.45) is 4.18. The quantitative estimate of drug-likeness (QED) is 0.698.